The van der Waals surface area contributed by atoms with E-state index in [1.54, 1.807) is 0 Å². The number of aromatic nitrogens is 2. The molecule has 1 saturated heterocycles. The molecule has 1 aromatic rings. The Balaban J connectivity index is 2.23. The lowest BCUT2D eigenvalue weighted by Crippen LogP contribution is -2.34. The van der Waals surface area contributed by atoms with E-state index in [-0.39, 0.29) is 0 Å². The van der Waals surface area contributed by atoms with Crippen LogP contribution < -0.4 is 10.6 Å². The van der Waals surface area contributed by atoms with E-state index >= 15 is 0 Å². The molecule has 0 aromatic carbocycles. The zero-order valence-electron chi connectivity index (χ0n) is 10.3. The van der Waals surface area contributed by atoms with Gasteiger partial charge >= 0.3 is 0 Å². The van der Waals surface area contributed by atoms with Crippen molar-refractivity contribution in [2.45, 2.75) is 26.7 Å². The lowest BCUT2D eigenvalue weighted by atomic mass is 10.00. The van der Waals surface area contributed by atoms with E-state index in [2.05, 4.69) is 21.8 Å². The molecule has 0 atom stereocenters. The van der Waals surface area contributed by atoms with Gasteiger partial charge in [-0.15, -0.1) is 0 Å². The molecule has 0 bridgehead atoms. The van der Waals surface area contributed by atoms with Gasteiger partial charge in [0.2, 0.25) is 5.95 Å². The molecule has 2 heterocycles. The summed E-state index contributed by atoms with van der Waals surface area (Å²) in [7, 11) is 0. The van der Waals surface area contributed by atoms with E-state index in [0.29, 0.717) is 10.7 Å². The molecular formula is C12H18N4S. The van der Waals surface area contributed by atoms with Crippen LogP contribution in [-0.2, 0) is 0 Å². The normalized spacial score (nSPS) is 17.2. The number of rotatable bonds is 2. The first-order valence-corrected chi connectivity index (χ1v) is 6.37. The lowest BCUT2D eigenvalue weighted by Gasteiger charge is -2.30. The number of piperidine rings is 1. The van der Waals surface area contributed by atoms with Crippen LogP contribution >= 0.6 is 12.2 Å². The van der Waals surface area contributed by atoms with Crippen molar-refractivity contribution in [3.8, 4) is 0 Å². The van der Waals surface area contributed by atoms with Gasteiger partial charge < -0.3 is 10.6 Å². The van der Waals surface area contributed by atoms with Crippen LogP contribution in [0.5, 0.6) is 0 Å². The maximum atomic E-state index is 5.63. The topological polar surface area (TPSA) is 55.0 Å². The Morgan fingerprint density at radius 1 is 1.41 bits per heavy atom. The molecule has 5 heteroatoms. The SMILES string of the molecule is Cc1cc(C(N)=S)nc(N2CCC(C)CC2)n1. The van der Waals surface area contributed by atoms with Crippen LogP contribution in [0.15, 0.2) is 6.07 Å². The Hall–Kier alpha value is -1.23. The Morgan fingerprint density at radius 2 is 2.06 bits per heavy atom. The van der Waals surface area contributed by atoms with Gasteiger partial charge in [0.15, 0.2) is 0 Å². The molecule has 0 unspecified atom stereocenters. The van der Waals surface area contributed by atoms with Gasteiger partial charge in [-0.25, -0.2) is 9.97 Å². The van der Waals surface area contributed by atoms with E-state index < -0.39 is 0 Å². The summed E-state index contributed by atoms with van der Waals surface area (Å²) in [5.41, 5.74) is 7.21. The third-order valence-electron chi connectivity index (χ3n) is 3.16. The Kier molecular flexibility index (Phi) is 3.57. The monoisotopic (exact) mass is 250 g/mol. The summed E-state index contributed by atoms with van der Waals surface area (Å²) >= 11 is 4.97. The van der Waals surface area contributed by atoms with Crippen molar-refractivity contribution in [2.24, 2.45) is 11.7 Å². The standard InChI is InChI=1S/C12H18N4S/c1-8-3-5-16(6-4-8)12-14-9(2)7-10(15-12)11(13)17/h7-8H,3-6H2,1-2H3,(H2,13,17). The third kappa shape index (κ3) is 2.91. The van der Waals surface area contributed by atoms with E-state index in [1.807, 2.05) is 13.0 Å². The van der Waals surface area contributed by atoms with Crippen molar-refractivity contribution < 1.29 is 0 Å². The summed E-state index contributed by atoms with van der Waals surface area (Å²) in [6.45, 7) is 6.26. The number of nitrogens with zero attached hydrogens (tertiary/aromatic N) is 3. The van der Waals surface area contributed by atoms with Crippen molar-refractivity contribution in [3.63, 3.8) is 0 Å². The summed E-state index contributed by atoms with van der Waals surface area (Å²) in [6, 6.07) is 1.83. The van der Waals surface area contributed by atoms with E-state index in [9.17, 15) is 0 Å². The van der Waals surface area contributed by atoms with Crippen molar-refractivity contribution >= 4 is 23.2 Å². The van der Waals surface area contributed by atoms with Crippen molar-refractivity contribution in [1.29, 1.82) is 0 Å². The molecule has 1 aliphatic rings. The molecule has 1 aromatic heterocycles. The molecule has 0 amide bonds. The lowest BCUT2D eigenvalue weighted by molar-refractivity contribution is 0.434. The number of thiocarbonyl (C=S) groups is 1. The van der Waals surface area contributed by atoms with Gasteiger partial charge in [-0.3, -0.25) is 0 Å². The van der Waals surface area contributed by atoms with Gasteiger partial charge in [-0.05, 0) is 31.7 Å². The quantitative estimate of drug-likeness (QED) is 0.809. The summed E-state index contributed by atoms with van der Waals surface area (Å²) in [6.07, 6.45) is 2.39. The zero-order chi connectivity index (χ0) is 12.4. The molecular weight excluding hydrogens is 232 g/mol. The maximum Gasteiger partial charge on any atom is 0.226 e. The van der Waals surface area contributed by atoms with Crippen LogP contribution in [0.1, 0.15) is 31.2 Å². The number of hydrogen-bond donors (Lipinski definition) is 1. The van der Waals surface area contributed by atoms with E-state index in [0.717, 1.165) is 30.6 Å². The first-order chi connectivity index (χ1) is 8.06. The van der Waals surface area contributed by atoms with Gasteiger partial charge in [0, 0.05) is 18.8 Å². The highest BCUT2D eigenvalue weighted by molar-refractivity contribution is 7.80. The Labute approximate surface area is 107 Å². The second-order valence-corrected chi connectivity index (χ2v) is 5.17. The molecule has 0 radical (unpaired) electrons. The molecule has 4 nitrogen and oxygen atoms in total. The van der Waals surface area contributed by atoms with Gasteiger partial charge in [0.05, 0.1) is 0 Å². The molecule has 2 rings (SSSR count). The first kappa shape index (κ1) is 12.2. The van der Waals surface area contributed by atoms with Crippen LogP contribution in [-0.4, -0.2) is 28.0 Å². The van der Waals surface area contributed by atoms with Crippen molar-refractivity contribution in [1.82, 2.24) is 9.97 Å². The zero-order valence-corrected chi connectivity index (χ0v) is 11.1. The minimum absolute atomic E-state index is 0.335. The summed E-state index contributed by atoms with van der Waals surface area (Å²) in [5.74, 6) is 1.56. The summed E-state index contributed by atoms with van der Waals surface area (Å²) in [5, 5.41) is 0. The molecule has 0 aliphatic carbocycles. The third-order valence-corrected chi connectivity index (χ3v) is 3.37. The highest BCUT2D eigenvalue weighted by Gasteiger charge is 2.18. The van der Waals surface area contributed by atoms with Gasteiger partial charge in [-0.2, -0.15) is 0 Å². The molecule has 0 saturated carbocycles. The van der Waals surface area contributed by atoms with E-state index in [1.165, 1.54) is 12.8 Å². The largest absolute Gasteiger partial charge is 0.388 e. The van der Waals surface area contributed by atoms with Crippen molar-refractivity contribution in [3.05, 3.63) is 17.5 Å². The number of aryl methyl sites for hydroxylation is 1. The second kappa shape index (κ2) is 4.96. The van der Waals surface area contributed by atoms with Gasteiger partial charge in [0.25, 0.3) is 0 Å². The van der Waals surface area contributed by atoms with Gasteiger partial charge in [0.1, 0.15) is 10.7 Å². The van der Waals surface area contributed by atoms with Gasteiger partial charge in [-0.1, -0.05) is 19.1 Å². The minimum Gasteiger partial charge on any atom is -0.388 e. The van der Waals surface area contributed by atoms with E-state index in [4.69, 9.17) is 18.0 Å². The summed E-state index contributed by atoms with van der Waals surface area (Å²) in [4.78, 5) is 11.4. The Morgan fingerprint density at radius 3 is 2.65 bits per heavy atom. The van der Waals surface area contributed by atoms with Crippen molar-refractivity contribution in [2.75, 3.05) is 18.0 Å². The maximum absolute atomic E-state index is 5.63. The molecule has 1 aliphatic heterocycles. The highest BCUT2D eigenvalue weighted by atomic mass is 32.1. The number of hydrogen-bond acceptors (Lipinski definition) is 4. The summed E-state index contributed by atoms with van der Waals surface area (Å²) < 4.78 is 0. The fourth-order valence-electron chi connectivity index (χ4n) is 2.03. The van der Waals surface area contributed by atoms with Crippen LogP contribution in [0.4, 0.5) is 5.95 Å². The van der Waals surface area contributed by atoms with Crippen LogP contribution in [0.2, 0.25) is 0 Å². The molecule has 1 fully saturated rings. The predicted octanol–water partition coefficient (Wildman–Crippen LogP) is 1.66. The molecule has 0 spiro atoms. The van der Waals surface area contributed by atoms with Crippen LogP contribution in [0.3, 0.4) is 0 Å². The second-order valence-electron chi connectivity index (χ2n) is 4.73. The smallest absolute Gasteiger partial charge is 0.226 e. The fraction of sp³-hybridized carbons (Fsp3) is 0.583. The highest BCUT2D eigenvalue weighted by Crippen LogP contribution is 2.20. The average molecular weight is 250 g/mol. The molecule has 92 valence electrons. The average Bonchev–Trinajstić information content (AvgIpc) is 2.29. The molecule has 2 N–H and O–H groups in total. The number of anilines is 1. The Bertz CT molecular complexity index is 425. The number of nitrogens with two attached hydrogens (primary N) is 1. The first-order valence-electron chi connectivity index (χ1n) is 5.96. The predicted molar refractivity (Wildman–Crippen MR) is 73.3 cm³/mol. The molecule has 17 heavy (non-hydrogen) atoms. The fourth-order valence-corrected chi connectivity index (χ4v) is 2.13. The minimum atomic E-state index is 0.335. The van der Waals surface area contributed by atoms with Crippen LogP contribution in [0, 0.1) is 12.8 Å². The van der Waals surface area contributed by atoms with Crippen LogP contribution in [0.25, 0.3) is 0 Å².